The van der Waals surface area contributed by atoms with Crippen LogP contribution in [0.5, 0.6) is 23.0 Å². The maximum atomic E-state index is 13.4. The predicted molar refractivity (Wildman–Crippen MR) is 135 cm³/mol. The van der Waals surface area contributed by atoms with E-state index in [9.17, 15) is 19.8 Å². The van der Waals surface area contributed by atoms with Gasteiger partial charge >= 0.3 is 0 Å². The van der Waals surface area contributed by atoms with E-state index in [0.717, 1.165) is 0 Å². The van der Waals surface area contributed by atoms with Crippen molar-refractivity contribution in [3.63, 3.8) is 0 Å². The minimum atomic E-state index is -1.01. The Hall–Kier alpha value is -4.46. The third kappa shape index (κ3) is 4.57. The fourth-order valence-electron chi connectivity index (χ4n) is 4.24. The molecule has 3 aromatic carbocycles. The SMILES string of the molecule is CCOc1ccc(/C(O)=C2/C(=O)C(=O)N(c3cccc(OC)c3)C2c2cccc(O)c2)c(OCC)c1. The van der Waals surface area contributed by atoms with Crippen LogP contribution in [0.1, 0.15) is 31.0 Å². The summed E-state index contributed by atoms with van der Waals surface area (Å²) in [7, 11) is 1.50. The summed E-state index contributed by atoms with van der Waals surface area (Å²) in [5, 5.41) is 21.6. The minimum Gasteiger partial charge on any atom is -0.508 e. The Labute approximate surface area is 209 Å². The zero-order valence-electron chi connectivity index (χ0n) is 20.2. The number of hydrogen-bond donors (Lipinski definition) is 2. The van der Waals surface area contributed by atoms with Crippen LogP contribution in [0.4, 0.5) is 5.69 Å². The molecule has 8 nitrogen and oxygen atoms in total. The highest BCUT2D eigenvalue weighted by atomic mass is 16.5. The van der Waals surface area contributed by atoms with Crippen molar-refractivity contribution in [2.24, 2.45) is 0 Å². The van der Waals surface area contributed by atoms with E-state index in [1.807, 2.05) is 6.92 Å². The smallest absolute Gasteiger partial charge is 0.300 e. The molecule has 4 rings (SSSR count). The summed E-state index contributed by atoms with van der Waals surface area (Å²) < 4.78 is 16.6. The molecule has 8 heteroatoms. The number of carbonyl (C=O) groups is 2. The third-order valence-electron chi connectivity index (χ3n) is 5.78. The van der Waals surface area contributed by atoms with Crippen molar-refractivity contribution < 1.29 is 34.0 Å². The number of phenols is 1. The molecule has 1 aliphatic rings. The fourth-order valence-corrected chi connectivity index (χ4v) is 4.24. The number of carbonyl (C=O) groups excluding carboxylic acids is 2. The first-order valence-corrected chi connectivity index (χ1v) is 11.5. The normalized spacial score (nSPS) is 16.8. The average molecular weight is 490 g/mol. The largest absolute Gasteiger partial charge is 0.508 e. The molecule has 1 fully saturated rings. The molecule has 1 amide bonds. The van der Waals surface area contributed by atoms with Gasteiger partial charge in [0, 0.05) is 17.8 Å². The molecule has 0 bridgehead atoms. The van der Waals surface area contributed by atoms with Gasteiger partial charge in [-0.05, 0) is 55.8 Å². The number of anilines is 1. The Bertz CT molecular complexity index is 1330. The van der Waals surface area contributed by atoms with Crippen LogP contribution in [-0.2, 0) is 9.59 Å². The molecule has 0 aliphatic carbocycles. The number of ketones is 1. The molecule has 186 valence electrons. The summed E-state index contributed by atoms with van der Waals surface area (Å²) in [6, 6.07) is 16.8. The standard InChI is InChI=1S/C28H27NO7/c1-4-35-21-12-13-22(23(16-21)36-5-2)26(31)24-25(17-8-6-10-19(30)14-17)29(28(33)27(24)32)18-9-7-11-20(15-18)34-3/h6-16,25,30-31H,4-5H2,1-3H3/b26-24-. The molecular weight excluding hydrogens is 462 g/mol. The number of Topliss-reactive ketones (excluding diaryl/α,β-unsaturated/α-hetero) is 1. The Morgan fingerprint density at radius 1 is 0.917 bits per heavy atom. The maximum Gasteiger partial charge on any atom is 0.300 e. The summed E-state index contributed by atoms with van der Waals surface area (Å²) in [4.78, 5) is 28.0. The summed E-state index contributed by atoms with van der Waals surface area (Å²) >= 11 is 0. The second kappa shape index (κ2) is 10.4. The molecule has 1 heterocycles. The van der Waals surface area contributed by atoms with Crippen LogP contribution in [0.25, 0.3) is 5.76 Å². The summed E-state index contributed by atoms with van der Waals surface area (Å²) in [5.41, 5.74) is 0.968. The topological polar surface area (TPSA) is 106 Å². The molecule has 1 aliphatic heterocycles. The lowest BCUT2D eigenvalue weighted by molar-refractivity contribution is -0.132. The molecule has 1 unspecified atom stereocenters. The summed E-state index contributed by atoms with van der Waals surface area (Å²) in [6.45, 7) is 4.40. The molecule has 3 aromatic rings. The van der Waals surface area contributed by atoms with Gasteiger partial charge in [0.2, 0.25) is 0 Å². The molecule has 1 saturated heterocycles. The van der Waals surface area contributed by atoms with E-state index in [1.165, 1.54) is 24.1 Å². The number of rotatable bonds is 8. The van der Waals surface area contributed by atoms with Gasteiger partial charge in [0.1, 0.15) is 28.8 Å². The van der Waals surface area contributed by atoms with E-state index in [-0.39, 0.29) is 16.9 Å². The highest BCUT2D eigenvalue weighted by Crippen LogP contribution is 2.44. The van der Waals surface area contributed by atoms with Gasteiger partial charge in [0.25, 0.3) is 11.7 Å². The highest BCUT2D eigenvalue weighted by Gasteiger charge is 2.47. The molecule has 1 atom stereocenters. The van der Waals surface area contributed by atoms with Crippen LogP contribution in [0.3, 0.4) is 0 Å². The van der Waals surface area contributed by atoms with Crippen LogP contribution < -0.4 is 19.1 Å². The number of aliphatic hydroxyl groups is 1. The van der Waals surface area contributed by atoms with Gasteiger partial charge in [-0.25, -0.2) is 0 Å². The van der Waals surface area contributed by atoms with Gasteiger partial charge in [-0.1, -0.05) is 18.2 Å². The van der Waals surface area contributed by atoms with Crippen molar-refractivity contribution in [2.75, 3.05) is 25.2 Å². The zero-order valence-corrected chi connectivity index (χ0v) is 20.2. The predicted octanol–water partition coefficient (Wildman–Crippen LogP) is 4.82. The average Bonchev–Trinajstić information content (AvgIpc) is 3.14. The second-order valence-electron chi connectivity index (χ2n) is 7.99. The van der Waals surface area contributed by atoms with E-state index < -0.39 is 23.5 Å². The fraction of sp³-hybridized carbons (Fsp3) is 0.214. The van der Waals surface area contributed by atoms with Crippen molar-refractivity contribution in [1.82, 2.24) is 0 Å². The van der Waals surface area contributed by atoms with Gasteiger partial charge in [-0.3, -0.25) is 14.5 Å². The number of ether oxygens (including phenoxy) is 3. The van der Waals surface area contributed by atoms with Crippen LogP contribution in [0, 0.1) is 0 Å². The number of amides is 1. The maximum absolute atomic E-state index is 13.4. The quantitative estimate of drug-likeness (QED) is 0.265. The lowest BCUT2D eigenvalue weighted by atomic mass is 9.94. The second-order valence-corrected chi connectivity index (χ2v) is 7.99. The number of phenolic OH excluding ortho intramolecular Hbond substituents is 1. The summed E-state index contributed by atoms with van der Waals surface area (Å²) in [5.74, 6) is -0.767. The van der Waals surface area contributed by atoms with Gasteiger partial charge in [0.05, 0.1) is 37.5 Å². The molecule has 0 aromatic heterocycles. The molecule has 0 saturated carbocycles. The van der Waals surface area contributed by atoms with Gasteiger partial charge < -0.3 is 24.4 Å². The van der Waals surface area contributed by atoms with Gasteiger partial charge in [0.15, 0.2) is 0 Å². The lowest BCUT2D eigenvalue weighted by Crippen LogP contribution is -2.29. The number of benzene rings is 3. The summed E-state index contributed by atoms with van der Waals surface area (Å²) in [6.07, 6.45) is 0. The van der Waals surface area contributed by atoms with Crippen LogP contribution >= 0.6 is 0 Å². The van der Waals surface area contributed by atoms with E-state index in [2.05, 4.69) is 0 Å². The first kappa shape index (κ1) is 24.7. The third-order valence-corrected chi connectivity index (χ3v) is 5.78. The van der Waals surface area contributed by atoms with E-state index in [1.54, 1.807) is 61.5 Å². The number of aliphatic hydroxyl groups excluding tert-OH is 1. The van der Waals surface area contributed by atoms with Crippen molar-refractivity contribution in [2.45, 2.75) is 19.9 Å². The number of hydrogen-bond acceptors (Lipinski definition) is 7. The molecule has 0 radical (unpaired) electrons. The Morgan fingerprint density at radius 2 is 1.67 bits per heavy atom. The van der Waals surface area contributed by atoms with Gasteiger partial charge in [-0.15, -0.1) is 0 Å². The van der Waals surface area contributed by atoms with E-state index in [0.29, 0.717) is 41.7 Å². The lowest BCUT2D eigenvalue weighted by Gasteiger charge is -2.26. The number of methoxy groups -OCH3 is 1. The van der Waals surface area contributed by atoms with E-state index >= 15 is 0 Å². The Balaban J connectivity index is 1.95. The zero-order chi connectivity index (χ0) is 25.8. The van der Waals surface area contributed by atoms with Crippen LogP contribution in [0.15, 0.2) is 72.3 Å². The van der Waals surface area contributed by atoms with Crippen LogP contribution in [-0.4, -0.2) is 42.2 Å². The molecule has 2 N–H and O–H groups in total. The monoisotopic (exact) mass is 489 g/mol. The Kier molecular flexibility index (Phi) is 7.15. The van der Waals surface area contributed by atoms with Crippen molar-refractivity contribution in [3.8, 4) is 23.0 Å². The molecular formula is C28H27NO7. The first-order valence-electron chi connectivity index (χ1n) is 11.5. The van der Waals surface area contributed by atoms with Crippen molar-refractivity contribution >= 4 is 23.1 Å². The first-order chi connectivity index (χ1) is 17.4. The molecule has 0 spiro atoms. The molecule has 36 heavy (non-hydrogen) atoms. The Morgan fingerprint density at radius 3 is 2.36 bits per heavy atom. The van der Waals surface area contributed by atoms with Crippen LogP contribution in [0.2, 0.25) is 0 Å². The van der Waals surface area contributed by atoms with Gasteiger partial charge in [-0.2, -0.15) is 0 Å². The minimum absolute atomic E-state index is 0.0418. The van der Waals surface area contributed by atoms with E-state index in [4.69, 9.17) is 14.2 Å². The highest BCUT2D eigenvalue weighted by molar-refractivity contribution is 6.51. The van der Waals surface area contributed by atoms with Crippen molar-refractivity contribution in [3.05, 3.63) is 83.4 Å². The number of nitrogens with zero attached hydrogens (tertiary/aromatic N) is 1. The van der Waals surface area contributed by atoms with Crippen molar-refractivity contribution in [1.29, 1.82) is 0 Å². The number of aromatic hydroxyl groups is 1.